The third-order valence-corrected chi connectivity index (χ3v) is 5.36. The lowest BCUT2D eigenvalue weighted by Crippen LogP contribution is -2.34. The number of carbonyl (C=O) groups excluding carboxylic acids is 1. The molecule has 1 unspecified atom stereocenters. The quantitative estimate of drug-likeness (QED) is 0.510. The molecule has 4 aromatic rings. The van der Waals surface area contributed by atoms with Crippen LogP contribution in [0.4, 0.5) is 0 Å². The SMILES string of the molecule is CN(C)C(CNC(=O)c1ccc(Cn2cnc3ccccc32)cc1)c1ccccc1. The van der Waals surface area contributed by atoms with Gasteiger partial charge >= 0.3 is 0 Å². The minimum absolute atomic E-state index is 0.0580. The molecule has 1 atom stereocenters. The van der Waals surface area contributed by atoms with Crippen molar-refractivity contribution in [2.75, 3.05) is 20.6 Å². The van der Waals surface area contributed by atoms with Crippen LogP contribution < -0.4 is 5.32 Å². The number of para-hydroxylation sites is 2. The van der Waals surface area contributed by atoms with Gasteiger partial charge in [0.05, 0.1) is 23.4 Å². The van der Waals surface area contributed by atoms with Gasteiger partial charge in [-0.1, -0.05) is 54.6 Å². The average molecular weight is 399 g/mol. The zero-order valence-corrected chi connectivity index (χ0v) is 17.3. The highest BCUT2D eigenvalue weighted by Crippen LogP contribution is 2.17. The van der Waals surface area contributed by atoms with E-state index >= 15 is 0 Å². The normalized spacial score (nSPS) is 12.2. The van der Waals surface area contributed by atoms with Crippen molar-refractivity contribution in [3.63, 3.8) is 0 Å². The van der Waals surface area contributed by atoms with Crippen LogP contribution in [-0.4, -0.2) is 41.0 Å². The maximum atomic E-state index is 12.7. The average Bonchev–Trinajstić information content (AvgIpc) is 3.18. The third-order valence-electron chi connectivity index (χ3n) is 5.36. The summed E-state index contributed by atoms with van der Waals surface area (Å²) in [4.78, 5) is 19.2. The Hall–Kier alpha value is -3.44. The van der Waals surface area contributed by atoms with Crippen molar-refractivity contribution >= 4 is 16.9 Å². The Labute approximate surface area is 177 Å². The Bertz CT molecular complexity index is 1120. The number of nitrogens with one attached hydrogen (secondary N) is 1. The van der Waals surface area contributed by atoms with E-state index in [1.54, 1.807) is 0 Å². The monoisotopic (exact) mass is 398 g/mol. The van der Waals surface area contributed by atoms with Crippen LogP contribution in [0.5, 0.6) is 0 Å². The van der Waals surface area contributed by atoms with Gasteiger partial charge in [0.2, 0.25) is 0 Å². The molecule has 4 rings (SSSR count). The number of likely N-dealkylation sites (N-methyl/N-ethyl adjacent to an activating group) is 1. The van der Waals surface area contributed by atoms with Crippen LogP contribution in [-0.2, 0) is 6.54 Å². The minimum Gasteiger partial charge on any atom is -0.350 e. The zero-order valence-electron chi connectivity index (χ0n) is 17.3. The molecule has 0 radical (unpaired) electrons. The first-order chi connectivity index (χ1) is 14.6. The highest BCUT2D eigenvalue weighted by atomic mass is 16.1. The summed E-state index contributed by atoms with van der Waals surface area (Å²) >= 11 is 0. The number of amides is 1. The van der Waals surface area contributed by atoms with Crippen LogP contribution in [0.2, 0.25) is 0 Å². The van der Waals surface area contributed by atoms with Gasteiger partial charge in [-0.05, 0) is 49.5 Å². The van der Waals surface area contributed by atoms with E-state index in [0.717, 1.165) is 23.1 Å². The fraction of sp³-hybridized carbons (Fsp3) is 0.200. The van der Waals surface area contributed by atoms with Crippen molar-refractivity contribution in [3.8, 4) is 0 Å². The number of nitrogens with zero attached hydrogens (tertiary/aromatic N) is 3. The van der Waals surface area contributed by atoms with Crippen molar-refractivity contribution in [1.82, 2.24) is 19.8 Å². The highest BCUT2D eigenvalue weighted by molar-refractivity contribution is 5.94. The zero-order chi connectivity index (χ0) is 20.9. The van der Waals surface area contributed by atoms with Crippen LogP contribution in [0, 0.1) is 0 Å². The molecular weight excluding hydrogens is 372 g/mol. The number of fused-ring (bicyclic) bond motifs is 1. The number of hydrogen-bond donors (Lipinski definition) is 1. The molecule has 1 aromatic heterocycles. The lowest BCUT2D eigenvalue weighted by atomic mass is 10.1. The van der Waals surface area contributed by atoms with Crippen LogP contribution in [0.25, 0.3) is 11.0 Å². The van der Waals surface area contributed by atoms with Crippen molar-refractivity contribution < 1.29 is 4.79 Å². The summed E-state index contributed by atoms with van der Waals surface area (Å²) in [7, 11) is 4.05. The van der Waals surface area contributed by atoms with Gasteiger partial charge in [0.25, 0.3) is 5.91 Å². The van der Waals surface area contributed by atoms with Gasteiger partial charge in [-0.3, -0.25) is 4.79 Å². The molecule has 0 bridgehead atoms. The van der Waals surface area contributed by atoms with Gasteiger partial charge in [-0.25, -0.2) is 4.98 Å². The number of aromatic nitrogens is 2. The third kappa shape index (κ3) is 4.42. The molecule has 1 N–H and O–H groups in total. The molecule has 1 heterocycles. The van der Waals surface area contributed by atoms with Gasteiger partial charge in [0.1, 0.15) is 0 Å². The molecule has 0 fully saturated rings. The number of hydrogen-bond acceptors (Lipinski definition) is 3. The van der Waals surface area contributed by atoms with E-state index in [-0.39, 0.29) is 11.9 Å². The lowest BCUT2D eigenvalue weighted by molar-refractivity contribution is 0.0942. The maximum Gasteiger partial charge on any atom is 0.251 e. The molecule has 0 saturated heterocycles. The summed E-state index contributed by atoms with van der Waals surface area (Å²) in [5.74, 6) is -0.0580. The Morgan fingerprint density at radius 2 is 1.67 bits per heavy atom. The standard InChI is InChI=1S/C25H26N4O/c1-28(2)24(20-8-4-3-5-9-20)16-26-25(30)21-14-12-19(13-15-21)17-29-18-27-22-10-6-7-11-23(22)29/h3-15,18,24H,16-17H2,1-2H3,(H,26,30). The number of imidazole rings is 1. The Kier molecular flexibility index (Phi) is 5.91. The number of rotatable bonds is 7. The van der Waals surface area contributed by atoms with Gasteiger partial charge < -0.3 is 14.8 Å². The predicted octanol–water partition coefficient (Wildman–Crippen LogP) is 4.12. The molecule has 0 aliphatic carbocycles. The van der Waals surface area contributed by atoms with E-state index in [4.69, 9.17) is 0 Å². The molecule has 30 heavy (non-hydrogen) atoms. The van der Waals surface area contributed by atoms with Crippen molar-refractivity contribution in [2.24, 2.45) is 0 Å². The molecular formula is C25H26N4O. The van der Waals surface area contributed by atoms with Crippen LogP contribution in [0.3, 0.4) is 0 Å². The molecule has 0 aliphatic heterocycles. The molecule has 5 nitrogen and oxygen atoms in total. The lowest BCUT2D eigenvalue weighted by Gasteiger charge is -2.25. The van der Waals surface area contributed by atoms with Crippen LogP contribution in [0.1, 0.15) is 27.5 Å². The first-order valence-corrected chi connectivity index (χ1v) is 10.1. The first kappa shape index (κ1) is 19.9. The Morgan fingerprint density at radius 1 is 0.967 bits per heavy atom. The highest BCUT2D eigenvalue weighted by Gasteiger charge is 2.15. The van der Waals surface area contributed by atoms with Gasteiger partial charge in [0, 0.05) is 18.7 Å². The Morgan fingerprint density at radius 3 is 2.40 bits per heavy atom. The van der Waals surface area contributed by atoms with E-state index in [2.05, 4.69) is 38.0 Å². The molecule has 0 aliphatic rings. The maximum absolute atomic E-state index is 12.7. The first-order valence-electron chi connectivity index (χ1n) is 10.1. The van der Waals surface area contributed by atoms with Gasteiger partial charge in [-0.2, -0.15) is 0 Å². The molecule has 5 heteroatoms. The molecule has 0 spiro atoms. The van der Waals surface area contributed by atoms with E-state index < -0.39 is 0 Å². The topological polar surface area (TPSA) is 50.2 Å². The van der Waals surface area contributed by atoms with E-state index in [1.807, 2.05) is 81.1 Å². The largest absolute Gasteiger partial charge is 0.350 e. The van der Waals surface area contributed by atoms with E-state index in [1.165, 1.54) is 5.56 Å². The van der Waals surface area contributed by atoms with Gasteiger partial charge in [-0.15, -0.1) is 0 Å². The summed E-state index contributed by atoms with van der Waals surface area (Å²) in [6, 6.07) is 26.2. The summed E-state index contributed by atoms with van der Waals surface area (Å²) in [5, 5.41) is 3.07. The molecule has 0 saturated carbocycles. The molecule has 1 amide bonds. The second kappa shape index (κ2) is 8.93. The fourth-order valence-electron chi connectivity index (χ4n) is 3.66. The molecule has 3 aromatic carbocycles. The second-order valence-electron chi connectivity index (χ2n) is 7.66. The van der Waals surface area contributed by atoms with Crippen LogP contribution >= 0.6 is 0 Å². The number of carbonyl (C=O) groups is 1. The van der Waals surface area contributed by atoms with Crippen molar-refractivity contribution in [3.05, 3.63) is 102 Å². The summed E-state index contributed by atoms with van der Waals surface area (Å²) in [6.07, 6.45) is 1.86. The smallest absolute Gasteiger partial charge is 0.251 e. The summed E-state index contributed by atoms with van der Waals surface area (Å²) in [6.45, 7) is 1.28. The summed E-state index contributed by atoms with van der Waals surface area (Å²) in [5.41, 5.74) is 5.08. The van der Waals surface area contributed by atoms with Crippen LogP contribution in [0.15, 0.2) is 85.2 Å². The van der Waals surface area contributed by atoms with E-state index in [0.29, 0.717) is 12.1 Å². The van der Waals surface area contributed by atoms with Gasteiger partial charge in [0.15, 0.2) is 0 Å². The number of benzene rings is 3. The fourth-order valence-corrected chi connectivity index (χ4v) is 3.66. The Balaban J connectivity index is 1.40. The minimum atomic E-state index is -0.0580. The summed E-state index contributed by atoms with van der Waals surface area (Å²) < 4.78 is 2.12. The predicted molar refractivity (Wildman–Crippen MR) is 120 cm³/mol. The second-order valence-corrected chi connectivity index (χ2v) is 7.66. The molecule has 152 valence electrons. The van der Waals surface area contributed by atoms with Crippen molar-refractivity contribution in [2.45, 2.75) is 12.6 Å². The van der Waals surface area contributed by atoms with E-state index in [9.17, 15) is 4.79 Å². The van der Waals surface area contributed by atoms with Crippen molar-refractivity contribution in [1.29, 1.82) is 0 Å².